The molecule has 7 heteroatoms. The molecule has 28 heavy (non-hydrogen) atoms. The van der Waals surface area contributed by atoms with Gasteiger partial charge in [0.05, 0.1) is 13.3 Å². The average molecular weight is 376 g/mol. The molecule has 7 nitrogen and oxygen atoms in total. The van der Waals surface area contributed by atoms with E-state index in [9.17, 15) is 0 Å². The number of rotatable bonds is 6. The zero-order valence-electron chi connectivity index (χ0n) is 16.0. The summed E-state index contributed by atoms with van der Waals surface area (Å²) in [6, 6.07) is 18.3. The molecule has 144 valence electrons. The topological polar surface area (TPSA) is 66.4 Å². The molecule has 1 aliphatic heterocycles. The first kappa shape index (κ1) is 18.2. The highest BCUT2D eigenvalue weighted by molar-refractivity contribution is 5.58. The lowest BCUT2D eigenvalue weighted by molar-refractivity contribution is 0.248. The predicted octanol–water partition coefficient (Wildman–Crippen LogP) is 2.95. The maximum atomic E-state index is 5.26. The van der Waals surface area contributed by atoms with Crippen LogP contribution < -0.4 is 15.0 Å². The quantitative estimate of drug-likeness (QED) is 0.709. The second kappa shape index (κ2) is 8.67. The van der Waals surface area contributed by atoms with Gasteiger partial charge in [-0.25, -0.2) is 0 Å². The van der Waals surface area contributed by atoms with E-state index in [2.05, 4.69) is 60.6 Å². The molecule has 3 aromatic rings. The number of methoxy groups -OCH3 is 1. The van der Waals surface area contributed by atoms with E-state index in [1.807, 2.05) is 24.3 Å². The monoisotopic (exact) mass is 376 g/mol. The molecule has 1 aliphatic rings. The van der Waals surface area contributed by atoms with Crippen molar-refractivity contribution in [2.45, 2.75) is 6.54 Å². The molecule has 0 bridgehead atoms. The Balaban J connectivity index is 1.37. The van der Waals surface area contributed by atoms with E-state index in [0.29, 0.717) is 11.8 Å². The van der Waals surface area contributed by atoms with Gasteiger partial charge in [0, 0.05) is 44.5 Å². The van der Waals surface area contributed by atoms with Crippen molar-refractivity contribution in [3.63, 3.8) is 0 Å². The predicted molar refractivity (Wildman–Crippen MR) is 110 cm³/mol. The molecule has 0 aliphatic carbocycles. The minimum atomic E-state index is 0.659. The van der Waals surface area contributed by atoms with Crippen LogP contribution in [-0.4, -0.2) is 53.4 Å². The van der Waals surface area contributed by atoms with E-state index < -0.39 is 0 Å². The fraction of sp³-hybridized carbons (Fsp3) is 0.286. The lowest BCUT2D eigenvalue weighted by Crippen LogP contribution is -2.46. The van der Waals surface area contributed by atoms with E-state index in [4.69, 9.17) is 4.74 Å². The Labute approximate surface area is 165 Å². The number of nitrogens with zero attached hydrogens (tertiary/aromatic N) is 5. The SMILES string of the molecule is COc1cccc(Nc2cnnc(N3CCN(Cc4ccccc4)CC3)n2)c1. The Kier molecular flexibility index (Phi) is 5.63. The summed E-state index contributed by atoms with van der Waals surface area (Å²) in [5.41, 5.74) is 2.25. The summed E-state index contributed by atoms with van der Waals surface area (Å²) in [4.78, 5) is 9.28. The third kappa shape index (κ3) is 4.55. The number of piperazine rings is 1. The second-order valence-electron chi connectivity index (χ2n) is 6.75. The molecule has 0 amide bonds. The standard InChI is InChI=1S/C21H24N6O/c1-28-19-9-5-8-18(14-19)23-20-15-22-25-21(24-20)27-12-10-26(11-13-27)16-17-6-3-2-4-7-17/h2-9,14-15H,10-13,16H2,1H3,(H,23,24,25). The fourth-order valence-electron chi connectivity index (χ4n) is 3.28. The molecule has 4 rings (SSSR count). The first-order valence-corrected chi connectivity index (χ1v) is 9.42. The van der Waals surface area contributed by atoms with E-state index in [-0.39, 0.29) is 0 Å². The molecule has 0 radical (unpaired) electrons. The summed E-state index contributed by atoms with van der Waals surface area (Å²) in [5, 5.41) is 11.6. The third-order valence-corrected chi connectivity index (χ3v) is 4.79. The van der Waals surface area contributed by atoms with Crippen molar-refractivity contribution in [3.8, 4) is 5.75 Å². The number of ether oxygens (including phenoxy) is 1. The van der Waals surface area contributed by atoms with Gasteiger partial charge in [0.1, 0.15) is 5.75 Å². The Morgan fingerprint density at radius 3 is 2.61 bits per heavy atom. The summed E-state index contributed by atoms with van der Waals surface area (Å²) in [5.74, 6) is 2.12. The van der Waals surface area contributed by atoms with Crippen LogP contribution in [0.3, 0.4) is 0 Å². The normalized spacial score (nSPS) is 14.7. The minimum Gasteiger partial charge on any atom is -0.497 e. The molecule has 0 spiro atoms. The van der Waals surface area contributed by atoms with Crippen molar-refractivity contribution < 1.29 is 4.74 Å². The first-order chi connectivity index (χ1) is 13.8. The van der Waals surface area contributed by atoms with E-state index in [0.717, 1.165) is 44.2 Å². The van der Waals surface area contributed by atoms with Crippen molar-refractivity contribution in [2.75, 3.05) is 43.5 Å². The van der Waals surface area contributed by atoms with Crippen LogP contribution in [-0.2, 0) is 6.54 Å². The van der Waals surface area contributed by atoms with Gasteiger partial charge >= 0.3 is 0 Å². The molecule has 0 unspecified atom stereocenters. The van der Waals surface area contributed by atoms with Crippen molar-refractivity contribution in [2.24, 2.45) is 0 Å². The second-order valence-corrected chi connectivity index (χ2v) is 6.75. The molecule has 1 saturated heterocycles. The Hall–Kier alpha value is -3.19. The molecule has 1 aromatic heterocycles. The van der Waals surface area contributed by atoms with Crippen molar-refractivity contribution in [3.05, 3.63) is 66.4 Å². The van der Waals surface area contributed by atoms with Gasteiger partial charge in [-0.2, -0.15) is 10.1 Å². The summed E-state index contributed by atoms with van der Waals surface area (Å²) < 4.78 is 5.26. The first-order valence-electron chi connectivity index (χ1n) is 9.42. The van der Waals surface area contributed by atoms with Crippen molar-refractivity contribution in [1.29, 1.82) is 0 Å². The number of hydrogen-bond acceptors (Lipinski definition) is 7. The van der Waals surface area contributed by atoms with E-state index in [1.165, 1.54) is 5.56 Å². The van der Waals surface area contributed by atoms with Gasteiger partial charge in [-0.15, -0.1) is 5.10 Å². The van der Waals surface area contributed by atoms with Gasteiger partial charge in [0.25, 0.3) is 0 Å². The maximum absolute atomic E-state index is 5.26. The number of nitrogens with one attached hydrogen (secondary N) is 1. The summed E-state index contributed by atoms with van der Waals surface area (Å²) in [7, 11) is 1.65. The molecule has 2 aromatic carbocycles. The van der Waals surface area contributed by atoms with Gasteiger partial charge in [0.2, 0.25) is 5.95 Å². The molecule has 1 N–H and O–H groups in total. The van der Waals surface area contributed by atoms with Crippen LogP contribution >= 0.6 is 0 Å². The minimum absolute atomic E-state index is 0.659. The largest absolute Gasteiger partial charge is 0.497 e. The average Bonchev–Trinajstić information content (AvgIpc) is 2.75. The number of hydrogen-bond donors (Lipinski definition) is 1. The number of benzene rings is 2. The van der Waals surface area contributed by atoms with E-state index in [1.54, 1.807) is 13.3 Å². The van der Waals surface area contributed by atoms with Crippen molar-refractivity contribution in [1.82, 2.24) is 20.1 Å². The van der Waals surface area contributed by atoms with Crippen LogP contribution in [0.5, 0.6) is 5.75 Å². The van der Waals surface area contributed by atoms with Gasteiger partial charge in [-0.1, -0.05) is 36.4 Å². The number of aromatic nitrogens is 3. The smallest absolute Gasteiger partial charge is 0.247 e. The summed E-state index contributed by atoms with van der Waals surface area (Å²) in [6.07, 6.45) is 1.63. The molecule has 1 fully saturated rings. The van der Waals surface area contributed by atoms with Crippen molar-refractivity contribution >= 4 is 17.5 Å². The van der Waals surface area contributed by atoms with Crippen LogP contribution in [0.15, 0.2) is 60.8 Å². The molecular weight excluding hydrogens is 352 g/mol. The number of anilines is 3. The summed E-state index contributed by atoms with van der Waals surface area (Å²) in [6.45, 7) is 4.71. The Morgan fingerprint density at radius 1 is 1.00 bits per heavy atom. The van der Waals surface area contributed by atoms with Crippen LogP contribution in [0.4, 0.5) is 17.5 Å². The molecule has 0 saturated carbocycles. The molecule has 2 heterocycles. The van der Waals surface area contributed by atoms with Crippen LogP contribution in [0.25, 0.3) is 0 Å². The van der Waals surface area contributed by atoms with Crippen LogP contribution in [0.2, 0.25) is 0 Å². The van der Waals surface area contributed by atoms with Crippen LogP contribution in [0, 0.1) is 0 Å². The zero-order valence-corrected chi connectivity index (χ0v) is 16.0. The lowest BCUT2D eigenvalue weighted by atomic mass is 10.2. The fourth-order valence-corrected chi connectivity index (χ4v) is 3.28. The highest BCUT2D eigenvalue weighted by Crippen LogP contribution is 2.21. The highest BCUT2D eigenvalue weighted by atomic mass is 16.5. The Bertz CT molecular complexity index is 896. The maximum Gasteiger partial charge on any atom is 0.247 e. The lowest BCUT2D eigenvalue weighted by Gasteiger charge is -2.34. The molecular formula is C21H24N6O. The van der Waals surface area contributed by atoms with E-state index >= 15 is 0 Å². The zero-order chi connectivity index (χ0) is 19.2. The van der Waals surface area contributed by atoms with Crippen LogP contribution in [0.1, 0.15) is 5.56 Å². The third-order valence-electron chi connectivity index (χ3n) is 4.79. The highest BCUT2D eigenvalue weighted by Gasteiger charge is 2.19. The van der Waals surface area contributed by atoms with Gasteiger partial charge in [0.15, 0.2) is 5.82 Å². The summed E-state index contributed by atoms with van der Waals surface area (Å²) >= 11 is 0. The van der Waals surface area contributed by atoms with Gasteiger partial charge in [-0.3, -0.25) is 4.90 Å². The van der Waals surface area contributed by atoms with Gasteiger partial charge < -0.3 is 15.0 Å². The Morgan fingerprint density at radius 2 is 1.82 bits per heavy atom. The van der Waals surface area contributed by atoms with Gasteiger partial charge in [-0.05, 0) is 17.7 Å². The molecule has 0 atom stereocenters.